The van der Waals surface area contributed by atoms with Crippen LogP contribution in [0.15, 0.2) is 0 Å². The first-order valence-corrected chi connectivity index (χ1v) is 9.46. The zero-order valence-corrected chi connectivity index (χ0v) is 14.5. The lowest BCUT2D eigenvalue weighted by Crippen LogP contribution is -2.19. The van der Waals surface area contributed by atoms with E-state index in [-0.39, 0.29) is 37.0 Å². The van der Waals surface area contributed by atoms with Crippen molar-refractivity contribution >= 4 is 11.9 Å². The first kappa shape index (κ1) is 19.2. The van der Waals surface area contributed by atoms with Crippen LogP contribution < -0.4 is 0 Å². The van der Waals surface area contributed by atoms with Crippen molar-refractivity contribution in [3.8, 4) is 0 Å². The normalized spacial score (nSPS) is 19.8. The van der Waals surface area contributed by atoms with E-state index in [2.05, 4.69) is 0 Å². The highest BCUT2D eigenvalue weighted by atomic mass is 17.2. The van der Waals surface area contributed by atoms with Crippen LogP contribution in [-0.4, -0.2) is 24.1 Å². The van der Waals surface area contributed by atoms with E-state index >= 15 is 0 Å². The van der Waals surface area contributed by atoms with Gasteiger partial charge in [0.25, 0.3) is 0 Å². The number of carbonyl (C=O) groups is 2. The molecule has 0 N–H and O–H groups in total. The van der Waals surface area contributed by atoms with Crippen LogP contribution in [0.2, 0.25) is 0 Å². The second-order valence-corrected chi connectivity index (χ2v) is 6.83. The van der Waals surface area contributed by atoms with E-state index < -0.39 is 0 Å². The van der Waals surface area contributed by atoms with E-state index in [9.17, 15) is 9.59 Å². The maximum atomic E-state index is 11.6. The largest absolute Gasteiger partial charge is 0.342 e. The Morgan fingerprint density at radius 1 is 0.625 bits per heavy atom. The monoisotopic (exact) mass is 342 g/mol. The summed E-state index contributed by atoms with van der Waals surface area (Å²) in [5.74, 6) is -0.736. The second kappa shape index (κ2) is 11.4. The summed E-state index contributed by atoms with van der Waals surface area (Å²) >= 11 is 0. The molecule has 2 aliphatic rings. The average Bonchev–Trinajstić information content (AvgIpc) is 2.63. The summed E-state index contributed by atoms with van der Waals surface area (Å²) in [6.07, 6.45) is 12.6. The van der Waals surface area contributed by atoms with Crippen LogP contribution in [0.3, 0.4) is 0 Å². The molecule has 2 aliphatic carbocycles. The Morgan fingerprint density at radius 3 is 1.38 bits per heavy atom. The van der Waals surface area contributed by atoms with Crippen LogP contribution >= 0.6 is 0 Å². The summed E-state index contributed by atoms with van der Waals surface area (Å²) in [5.41, 5.74) is 0. The molecule has 0 heterocycles. The van der Waals surface area contributed by atoms with Gasteiger partial charge in [0.1, 0.15) is 12.2 Å². The van der Waals surface area contributed by atoms with Gasteiger partial charge in [0.05, 0.1) is 0 Å². The second-order valence-electron chi connectivity index (χ2n) is 6.83. The lowest BCUT2D eigenvalue weighted by molar-refractivity contribution is -0.303. The van der Waals surface area contributed by atoms with E-state index in [4.69, 9.17) is 19.6 Å². The van der Waals surface area contributed by atoms with Gasteiger partial charge in [-0.2, -0.15) is 9.78 Å². The predicted molar refractivity (Wildman–Crippen MR) is 86.6 cm³/mol. The third-order valence-corrected chi connectivity index (χ3v) is 4.67. The van der Waals surface area contributed by atoms with Crippen LogP contribution in [0.1, 0.15) is 89.9 Å². The molecule has 0 bridgehead atoms. The number of hydrogen-bond donors (Lipinski definition) is 0. The molecule has 0 unspecified atom stereocenters. The van der Waals surface area contributed by atoms with Crippen LogP contribution in [0.4, 0.5) is 0 Å². The summed E-state index contributed by atoms with van der Waals surface area (Å²) in [6, 6.07) is 0. The molecule has 0 radical (unpaired) electrons. The van der Waals surface area contributed by atoms with Crippen molar-refractivity contribution in [3.63, 3.8) is 0 Å². The average molecular weight is 342 g/mol. The molecule has 2 fully saturated rings. The highest BCUT2D eigenvalue weighted by Crippen LogP contribution is 2.21. The minimum Gasteiger partial charge on any atom is -0.298 e. The van der Waals surface area contributed by atoms with E-state index in [1.807, 2.05) is 0 Å². The summed E-state index contributed by atoms with van der Waals surface area (Å²) in [7, 11) is 0. The van der Waals surface area contributed by atoms with Crippen molar-refractivity contribution in [1.82, 2.24) is 0 Å². The van der Waals surface area contributed by atoms with Crippen LogP contribution in [0, 0.1) is 0 Å². The van der Waals surface area contributed by atoms with Crippen LogP contribution in [0.25, 0.3) is 0 Å². The summed E-state index contributed by atoms with van der Waals surface area (Å²) in [4.78, 5) is 43.2. The molecular weight excluding hydrogens is 312 g/mol. The number of carbonyl (C=O) groups excluding carboxylic acids is 2. The fourth-order valence-electron chi connectivity index (χ4n) is 3.19. The van der Waals surface area contributed by atoms with E-state index in [1.165, 1.54) is 12.8 Å². The lowest BCUT2D eigenvalue weighted by Gasteiger charge is -2.20. The highest BCUT2D eigenvalue weighted by Gasteiger charge is 2.18. The fourth-order valence-corrected chi connectivity index (χ4v) is 3.19. The molecule has 0 aromatic carbocycles. The van der Waals surface area contributed by atoms with Crippen LogP contribution in [0.5, 0.6) is 0 Å². The quantitative estimate of drug-likeness (QED) is 0.356. The Balaban J connectivity index is 1.43. The van der Waals surface area contributed by atoms with Crippen LogP contribution in [-0.2, 0) is 29.1 Å². The van der Waals surface area contributed by atoms with Crippen molar-refractivity contribution in [1.29, 1.82) is 0 Å². The molecule has 6 nitrogen and oxygen atoms in total. The van der Waals surface area contributed by atoms with Crippen molar-refractivity contribution in [2.75, 3.05) is 0 Å². The van der Waals surface area contributed by atoms with Gasteiger partial charge in [-0.3, -0.25) is 9.78 Å². The molecule has 0 aromatic heterocycles. The molecule has 0 spiro atoms. The molecule has 0 saturated heterocycles. The number of rotatable bonds is 9. The first-order chi connectivity index (χ1) is 11.7. The molecule has 2 saturated carbocycles. The lowest BCUT2D eigenvalue weighted by atomic mass is 9.98. The van der Waals surface area contributed by atoms with Crippen molar-refractivity contribution in [3.05, 3.63) is 0 Å². The smallest absolute Gasteiger partial charge is 0.298 e. The maximum absolute atomic E-state index is 11.6. The van der Waals surface area contributed by atoms with Gasteiger partial charge in [0.15, 0.2) is 0 Å². The summed E-state index contributed by atoms with van der Waals surface area (Å²) in [5, 5.41) is 0. The molecule has 2 rings (SSSR count). The van der Waals surface area contributed by atoms with Gasteiger partial charge >= 0.3 is 11.9 Å². The summed E-state index contributed by atoms with van der Waals surface area (Å²) < 4.78 is 0. The first-order valence-electron chi connectivity index (χ1n) is 9.46. The molecule has 0 aromatic rings. The Labute approximate surface area is 144 Å². The Morgan fingerprint density at radius 2 is 1.00 bits per heavy atom. The Bertz CT molecular complexity index is 336. The SMILES string of the molecule is O=C(CCCCC(=O)OOC1CCCCC1)OOC1CCCCC1. The number of hydrogen-bond acceptors (Lipinski definition) is 6. The molecule has 6 heteroatoms. The summed E-state index contributed by atoms with van der Waals surface area (Å²) in [6.45, 7) is 0. The van der Waals surface area contributed by atoms with Gasteiger partial charge in [-0.15, -0.1) is 0 Å². The van der Waals surface area contributed by atoms with Gasteiger partial charge in [0, 0.05) is 12.8 Å². The number of unbranched alkanes of at least 4 members (excludes halogenated alkanes) is 1. The van der Waals surface area contributed by atoms with Gasteiger partial charge in [0.2, 0.25) is 0 Å². The topological polar surface area (TPSA) is 71.1 Å². The molecular formula is C18H30O6. The molecule has 138 valence electrons. The van der Waals surface area contributed by atoms with E-state index in [0.29, 0.717) is 12.8 Å². The minimum absolute atomic E-state index is 0.0506. The highest BCUT2D eigenvalue weighted by molar-refractivity contribution is 5.69. The predicted octanol–water partition coefficient (Wildman–Crippen LogP) is 4.16. The molecule has 0 aliphatic heterocycles. The third-order valence-electron chi connectivity index (χ3n) is 4.67. The van der Waals surface area contributed by atoms with Gasteiger partial charge in [-0.05, 0) is 38.5 Å². The van der Waals surface area contributed by atoms with E-state index in [0.717, 1.165) is 51.4 Å². The van der Waals surface area contributed by atoms with Gasteiger partial charge < -0.3 is 0 Å². The maximum Gasteiger partial charge on any atom is 0.342 e. The fraction of sp³-hybridized carbons (Fsp3) is 0.889. The Kier molecular flexibility index (Phi) is 9.13. The van der Waals surface area contributed by atoms with Gasteiger partial charge in [-0.1, -0.05) is 38.5 Å². The standard InChI is InChI=1S/C18H30O6/c19-17(23-21-15-9-3-1-4-10-15)13-7-8-14-18(20)24-22-16-11-5-2-6-12-16/h15-16H,1-14H2. The molecule has 24 heavy (non-hydrogen) atoms. The third kappa shape index (κ3) is 8.11. The van der Waals surface area contributed by atoms with Crippen molar-refractivity contribution in [2.24, 2.45) is 0 Å². The van der Waals surface area contributed by atoms with E-state index in [1.54, 1.807) is 0 Å². The zero-order valence-electron chi connectivity index (χ0n) is 14.5. The Hall–Kier alpha value is -1.14. The molecule has 0 amide bonds. The zero-order chi connectivity index (χ0) is 17.0. The van der Waals surface area contributed by atoms with Crippen molar-refractivity contribution in [2.45, 2.75) is 102 Å². The van der Waals surface area contributed by atoms with Crippen molar-refractivity contribution < 1.29 is 29.1 Å². The van der Waals surface area contributed by atoms with Gasteiger partial charge in [-0.25, -0.2) is 9.59 Å². The molecule has 0 atom stereocenters. The minimum atomic E-state index is -0.368.